The van der Waals surface area contributed by atoms with Crippen LogP contribution in [0.2, 0.25) is 0 Å². The van der Waals surface area contributed by atoms with Crippen LogP contribution in [0.4, 0.5) is 11.5 Å². The van der Waals surface area contributed by atoms with Crippen molar-refractivity contribution >= 4 is 22.5 Å². The van der Waals surface area contributed by atoms with Gasteiger partial charge in [0.15, 0.2) is 5.82 Å². The van der Waals surface area contributed by atoms with Crippen LogP contribution in [0.1, 0.15) is 43.8 Å². The Morgan fingerprint density at radius 2 is 1.77 bits per heavy atom. The number of aliphatic hydroxyl groups excluding tert-OH is 1. The molecule has 178 valence electrons. The van der Waals surface area contributed by atoms with Gasteiger partial charge in [0.2, 0.25) is 0 Å². The second-order valence-corrected chi connectivity index (χ2v) is 7.92. The van der Waals surface area contributed by atoms with E-state index in [2.05, 4.69) is 25.5 Å². The second-order valence-electron chi connectivity index (χ2n) is 7.92. The van der Waals surface area contributed by atoms with Gasteiger partial charge in [-0.15, -0.1) is 5.10 Å². The molecule has 0 aliphatic heterocycles. The van der Waals surface area contributed by atoms with Gasteiger partial charge in [0, 0.05) is 28.7 Å². The normalized spacial score (nSPS) is 11.6. The molecule has 0 saturated carbocycles. The number of aromatic nitrogens is 6. The lowest BCUT2D eigenvalue weighted by Gasteiger charge is -2.15. The van der Waals surface area contributed by atoms with E-state index < -0.39 is 6.10 Å². The molecule has 35 heavy (non-hydrogen) atoms. The van der Waals surface area contributed by atoms with E-state index in [1.807, 2.05) is 86.9 Å². The topological polar surface area (TPSA) is 102 Å². The van der Waals surface area contributed by atoms with Crippen molar-refractivity contribution in [2.75, 3.05) is 5.32 Å². The van der Waals surface area contributed by atoms with Crippen LogP contribution in [0.15, 0.2) is 67.1 Å². The summed E-state index contributed by atoms with van der Waals surface area (Å²) >= 11 is 0. The highest BCUT2D eigenvalue weighted by atomic mass is 16.3. The number of anilines is 2. The maximum atomic E-state index is 10.3. The van der Waals surface area contributed by atoms with Crippen molar-refractivity contribution in [2.24, 2.45) is 0 Å². The molecule has 1 aromatic carbocycles. The molecule has 5 rings (SSSR count). The summed E-state index contributed by atoms with van der Waals surface area (Å²) in [5.74, 6) is 1.39. The number of hydrogen-bond donors (Lipinski definition) is 2. The minimum atomic E-state index is -0.654. The molecule has 1 atom stereocenters. The van der Waals surface area contributed by atoms with Crippen molar-refractivity contribution in [3.8, 4) is 17.1 Å². The molecule has 0 amide bonds. The third-order valence-corrected chi connectivity index (χ3v) is 5.49. The van der Waals surface area contributed by atoms with E-state index in [9.17, 15) is 5.11 Å². The molecular formula is C27H29N7O. The van der Waals surface area contributed by atoms with Crippen LogP contribution in [0.3, 0.4) is 0 Å². The number of nitrogens with one attached hydrogen (secondary N) is 1. The van der Waals surface area contributed by atoms with Gasteiger partial charge in [-0.2, -0.15) is 5.10 Å². The van der Waals surface area contributed by atoms with Crippen LogP contribution in [0.5, 0.6) is 0 Å². The van der Waals surface area contributed by atoms with Gasteiger partial charge in [0.05, 0.1) is 28.5 Å². The number of imidazole rings is 1. The summed E-state index contributed by atoms with van der Waals surface area (Å²) in [5.41, 5.74) is 6.69. The van der Waals surface area contributed by atoms with Crippen molar-refractivity contribution in [2.45, 2.75) is 40.7 Å². The van der Waals surface area contributed by atoms with Crippen molar-refractivity contribution < 1.29 is 5.11 Å². The van der Waals surface area contributed by atoms with Gasteiger partial charge in [0.25, 0.3) is 0 Å². The minimum Gasteiger partial charge on any atom is -0.389 e. The van der Waals surface area contributed by atoms with Crippen molar-refractivity contribution in [3.63, 3.8) is 0 Å². The van der Waals surface area contributed by atoms with E-state index in [4.69, 9.17) is 4.98 Å². The van der Waals surface area contributed by atoms with Crippen LogP contribution in [0.25, 0.3) is 28.1 Å². The molecule has 0 aliphatic carbocycles. The fourth-order valence-electron chi connectivity index (χ4n) is 3.77. The Morgan fingerprint density at radius 1 is 0.943 bits per heavy atom. The zero-order valence-electron chi connectivity index (χ0n) is 20.6. The van der Waals surface area contributed by atoms with Gasteiger partial charge in [-0.25, -0.2) is 9.97 Å². The lowest BCUT2D eigenvalue weighted by Crippen LogP contribution is -2.04. The van der Waals surface area contributed by atoms with Gasteiger partial charge in [-0.05, 0) is 69.3 Å². The van der Waals surface area contributed by atoms with E-state index in [0.29, 0.717) is 17.3 Å². The molecular weight excluding hydrogens is 438 g/mol. The Morgan fingerprint density at radius 3 is 2.49 bits per heavy atom. The second kappa shape index (κ2) is 10.4. The zero-order valence-corrected chi connectivity index (χ0v) is 20.6. The third kappa shape index (κ3) is 5.02. The number of benzene rings is 1. The number of hydrogen-bond acceptors (Lipinski definition) is 7. The predicted molar refractivity (Wildman–Crippen MR) is 139 cm³/mol. The predicted octanol–water partition coefficient (Wildman–Crippen LogP) is 5.71. The van der Waals surface area contributed by atoms with E-state index in [0.717, 1.165) is 39.2 Å². The fraction of sp³-hybridized carbons (Fsp3) is 0.222. The molecule has 0 radical (unpaired) electrons. The summed E-state index contributed by atoms with van der Waals surface area (Å²) in [6.07, 6.45) is 2.85. The molecule has 8 nitrogen and oxygen atoms in total. The van der Waals surface area contributed by atoms with E-state index in [1.54, 1.807) is 19.4 Å². The average molecular weight is 468 g/mol. The Labute approximate surface area is 204 Å². The SMILES string of the molecule is CC.Cc1ccc(Nc2ccc3c(c2)ncn3-c2ccc(C(C)O)c(-c3cccnc3C)n2)nn1. The molecule has 0 bridgehead atoms. The summed E-state index contributed by atoms with van der Waals surface area (Å²) in [7, 11) is 0. The number of pyridine rings is 2. The van der Waals surface area contributed by atoms with E-state index in [-0.39, 0.29) is 0 Å². The Bertz CT molecular complexity index is 1440. The molecule has 5 aromatic rings. The Balaban J connectivity index is 0.00000141. The van der Waals surface area contributed by atoms with Crippen molar-refractivity contribution in [1.29, 1.82) is 0 Å². The highest BCUT2D eigenvalue weighted by Crippen LogP contribution is 2.30. The molecule has 0 aliphatic rings. The number of aliphatic hydroxyl groups is 1. The lowest BCUT2D eigenvalue weighted by atomic mass is 10.0. The fourth-order valence-corrected chi connectivity index (χ4v) is 3.77. The lowest BCUT2D eigenvalue weighted by molar-refractivity contribution is 0.199. The van der Waals surface area contributed by atoms with Crippen LogP contribution in [-0.2, 0) is 0 Å². The van der Waals surface area contributed by atoms with E-state index >= 15 is 0 Å². The standard InChI is InChI=1S/C25H23N7O.C2H6/c1-15-6-10-23(31-30-15)28-18-7-9-22-21(13-18)27-14-32(22)24-11-8-20(17(3)33)25(29-24)19-5-4-12-26-16(19)2;1-2/h4-14,17,33H,1-3H3,(H,28,31);1-2H3. The number of rotatable bonds is 5. The van der Waals surface area contributed by atoms with Crippen LogP contribution < -0.4 is 5.32 Å². The zero-order chi connectivity index (χ0) is 24.9. The van der Waals surface area contributed by atoms with Crippen molar-refractivity contribution in [1.82, 2.24) is 29.7 Å². The molecule has 4 aromatic heterocycles. The molecule has 0 saturated heterocycles. The first-order chi connectivity index (χ1) is 17.0. The van der Waals surface area contributed by atoms with Gasteiger partial charge in [-0.1, -0.05) is 19.9 Å². The summed E-state index contributed by atoms with van der Waals surface area (Å²) in [6, 6.07) is 17.4. The summed E-state index contributed by atoms with van der Waals surface area (Å²) in [6.45, 7) is 9.58. The maximum Gasteiger partial charge on any atom is 0.153 e. The van der Waals surface area contributed by atoms with Gasteiger partial charge >= 0.3 is 0 Å². The van der Waals surface area contributed by atoms with Gasteiger partial charge in [-0.3, -0.25) is 9.55 Å². The van der Waals surface area contributed by atoms with Crippen LogP contribution in [0, 0.1) is 13.8 Å². The summed E-state index contributed by atoms with van der Waals surface area (Å²) in [5, 5.41) is 21.8. The highest BCUT2D eigenvalue weighted by Gasteiger charge is 2.16. The molecule has 4 heterocycles. The maximum absolute atomic E-state index is 10.3. The molecule has 0 fully saturated rings. The summed E-state index contributed by atoms with van der Waals surface area (Å²) < 4.78 is 1.94. The van der Waals surface area contributed by atoms with Crippen LogP contribution in [-0.4, -0.2) is 34.8 Å². The number of fused-ring (bicyclic) bond motifs is 1. The van der Waals surface area contributed by atoms with Gasteiger partial charge < -0.3 is 10.4 Å². The Kier molecular flexibility index (Phi) is 7.12. The number of aryl methyl sites for hydroxylation is 2. The van der Waals surface area contributed by atoms with Crippen LogP contribution >= 0.6 is 0 Å². The van der Waals surface area contributed by atoms with E-state index in [1.165, 1.54) is 0 Å². The highest BCUT2D eigenvalue weighted by molar-refractivity contribution is 5.82. The summed E-state index contributed by atoms with van der Waals surface area (Å²) in [4.78, 5) is 13.9. The molecule has 0 spiro atoms. The van der Waals surface area contributed by atoms with Gasteiger partial charge in [0.1, 0.15) is 12.1 Å². The number of nitrogens with zero attached hydrogens (tertiary/aromatic N) is 6. The largest absolute Gasteiger partial charge is 0.389 e. The Hall–Kier alpha value is -4.17. The molecule has 2 N–H and O–H groups in total. The first kappa shape index (κ1) is 24.0. The first-order valence-corrected chi connectivity index (χ1v) is 11.7. The smallest absolute Gasteiger partial charge is 0.153 e. The minimum absolute atomic E-state index is 0.654. The van der Waals surface area contributed by atoms with Crippen molar-refractivity contribution in [3.05, 3.63) is 84.1 Å². The molecule has 8 heteroatoms. The first-order valence-electron chi connectivity index (χ1n) is 11.7. The third-order valence-electron chi connectivity index (χ3n) is 5.49. The molecule has 1 unspecified atom stereocenters. The monoisotopic (exact) mass is 467 g/mol. The quantitative estimate of drug-likeness (QED) is 0.341. The average Bonchev–Trinajstić information content (AvgIpc) is 3.30.